The van der Waals surface area contributed by atoms with Gasteiger partial charge in [-0.25, -0.2) is 13.4 Å². The van der Waals surface area contributed by atoms with Gasteiger partial charge in [0.15, 0.2) is 15.8 Å². The third-order valence-corrected chi connectivity index (χ3v) is 7.43. The van der Waals surface area contributed by atoms with Gasteiger partial charge in [-0.3, -0.25) is 4.79 Å². The lowest BCUT2D eigenvalue weighted by atomic mass is 10.1. The topological polar surface area (TPSA) is 90.9 Å². The molecule has 30 heavy (non-hydrogen) atoms. The number of hydrogen-bond acceptors (Lipinski definition) is 4. The second-order valence-corrected chi connectivity index (χ2v) is 11.3. The smallest absolute Gasteiger partial charge is 0.224 e. The quantitative estimate of drug-likeness (QED) is 0.323. The van der Waals surface area contributed by atoms with E-state index in [2.05, 4.69) is 10.6 Å². The summed E-state index contributed by atoms with van der Waals surface area (Å²) in [7, 11) is -3.10. The molecule has 1 aromatic rings. The number of aliphatic imine (C=N–C) groups is 1. The van der Waals surface area contributed by atoms with E-state index < -0.39 is 14.6 Å². The summed E-state index contributed by atoms with van der Waals surface area (Å²) in [5, 5.41) is 6.20. The van der Waals surface area contributed by atoms with E-state index in [1.165, 1.54) is 0 Å². The molecule has 1 aromatic carbocycles. The molecule has 0 unspecified atom stereocenters. The maximum Gasteiger partial charge on any atom is 0.224 e. The molecule has 7 nitrogen and oxygen atoms in total. The highest BCUT2D eigenvalue weighted by atomic mass is 127. The first-order valence-corrected chi connectivity index (χ1v) is 11.8. The van der Waals surface area contributed by atoms with Gasteiger partial charge >= 0.3 is 0 Å². The second-order valence-electron chi connectivity index (χ2n) is 8.52. The Hall–Kier alpha value is -1.36. The number of nitrogens with one attached hydrogen (secondary N) is 2. The largest absolute Gasteiger partial charge is 0.357 e. The number of carbonyl (C=O) groups is 1. The average Bonchev–Trinajstić information content (AvgIpc) is 2.60. The highest BCUT2D eigenvalue weighted by Gasteiger charge is 2.40. The fourth-order valence-corrected chi connectivity index (χ4v) is 4.61. The van der Waals surface area contributed by atoms with Crippen LogP contribution < -0.4 is 10.6 Å². The second kappa shape index (κ2) is 11.3. The summed E-state index contributed by atoms with van der Waals surface area (Å²) in [6.07, 6.45) is 0.487. The van der Waals surface area contributed by atoms with E-state index in [0.29, 0.717) is 44.5 Å². The predicted octanol–water partition coefficient (Wildman–Crippen LogP) is 3.26. The van der Waals surface area contributed by atoms with E-state index in [-0.39, 0.29) is 35.6 Å². The van der Waals surface area contributed by atoms with Gasteiger partial charge in [0.25, 0.3) is 0 Å². The summed E-state index contributed by atoms with van der Waals surface area (Å²) >= 11 is 0. The SMILES string of the molecule is CCNC(=NCc1cccc(NC(=O)CC(C)C)c1)N1CCS(=O)(=O)C(C)(C)C1.I. The number of anilines is 1. The van der Waals surface area contributed by atoms with Crippen LogP contribution in [0, 0.1) is 5.92 Å². The van der Waals surface area contributed by atoms with E-state index in [9.17, 15) is 13.2 Å². The molecule has 0 aromatic heterocycles. The number of nitrogens with zero attached hydrogens (tertiary/aromatic N) is 2. The molecule has 1 heterocycles. The van der Waals surface area contributed by atoms with Gasteiger partial charge in [0, 0.05) is 31.7 Å². The first-order valence-electron chi connectivity index (χ1n) is 10.2. The van der Waals surface area contributed by atoms with Gasteiger partial charge in [0.2, 0.25) is 5.91 Å². The van der Waals surface area contributed by atoms with Crippen molar-refractivity contribution in [1.82, 2.24) is 10.2 Å². The normalized spacial score (nSPS) is 17.9. The van der Waals surface area contributed by atoms with Crippen molar-refractivity contribution in [3.63, 3.8) is 0 Å². The van der Waals surface area contributed by atoms with Gasteiger partial charge in [0.05, 0.1) is 17.0 Å². The van der Waals surface area contributed by atoms with Crippen LogP contribution in [0.2, 0.25) is 0 Å². The van der Waals surface area contributed by atoms with Crippen LogP contribution >= 0.6 is 24.0 Å². The van der Waals surface area contributed by atoms with E-state index in [1.54, 1.807) is 13.8 Å². The third kappa shape index (κ3) is 7.40. The fraction of sp³-hybridized carbons (Fsp3) is 0.619. The number of halogens is 1. The molecule has 0 bridgehead atoms. The van der Waals surface area contributed by atoms with Crippen LogP contribution in [0.1, 0.15) is 46.6 Å². The summed E-state index contributed by atoms with van der Waals surface area (Å²) in [6.45, 7) is 11.5. The fourth-order valence-electron chi connectivity index (χ4n) is 3.25. The molecule has 1 amide bonds. The van der Waals surface area contributed by atoms with Crippen LogP contribution in [0.3, 0.4) is 0 Å². The first-order chi connectivity index (χ1) is 13.5. The minimum atomic E-state index is -3.10. The van der Waals surface area contributed by atoms with Gasteiger partial charge in [-0.15, -0.1) is 24.0 Å². The molecular weight excluding hydrogens is 515 g/mol. The Kier molecular flexibility index (Phi) is 10.1. The van der Waals surface area contributed by atoms with Crippen LogP contribution in [-0.4, -0.2) is 55.3 Å². The van der Waals surface area contributed by atoms with Crippen LogP contribution in [-0.2, 0) is 21.2 Å². The molecule has 9 heteroatoms. The van der Waals surface area contributed by atoms with Gasteiger partial charge in [0.1, 0.15) is 0 Å². The van der Waals surface area contributed by atoms with Crippen molar-refractivity contribution >= 4 is 51.4 Å². The lowest BCUT2D eigenvalue weighted by Gasteiger charge is -2.39. The van der Waals surface area contributed by atoms with Crippen LogP contribution in [0.15, 0.2) is 29.3 Å². The zero-order chi connectivity index (χ0) is 21.7. The molecule has 1 fully saturated rings. The number of carbonyl (C=O) groups excluding carboxylic acids is 1. The molecular formula is C21H35IN4O3S. The van der Waals surface area contributed by atoms with Crippen molar-refractivity contribution in [3.05, 3.63) is 29.8 Å². The van der Waals surface area contributed by atoms with Crippen molar-refractivity contribution in [3.8, 4) is 0 Å². The van der Waals surface area contributed by atoms with E-state index in [1.807, 2.05) is 49.9 Å². The van der Waals surface area contributed by atoms with Crippen LogP contribution in [0.5, 0.6) is 0 Å². The lowest BCUT2D eigenvalue weighted by Crippen LogP contribution is -2.57. The Morgan fingerprint density at radius 3 is 2.60 bits per heavy atom. The van der Waals surface area contributed by atoms with Gasteiger partial charge in [-0.2, -0.15) is 0 Å². The molecule has 0 spiro atoms. The highest BCUT2D eigenvalue weighted by molar-refractivity contribution is 14.0. The molecule has 2 N–H and O–H groups in total. The van der Waals surface area contributed by atoms with Gasteiger partial charge in [-0.05, 0) is 44.4 Å². The molecule has 1 aliphatic rings. The Labute approximate surface area is 198 Å². The summed E-state index contributed by atoms with van der Waals surface area (Å²) in [5.41, 5.74) is 1.74. The Morgan fingerprint density at radius 1 is 1.30 bits per heavy atom. The van der Waals surface area contributed by atoms with E-state index >= 15 is 0 Å². The van der Waals surface area contributed by atoms with Crippen LogP contribution in [0.4, 0.5) is 5.69 Å². The monoisotopic (exact) mass is 550 g/mol. The number of amides is 1. The lowest BCUT2D eigenvalue weighted by molar-refractivity contribution is -0.116. The number of hydrogen-bond donors (Lipinski definition) is 2. The Bertz CT molecular complexity index is 854. The number of rotatable bonds is 6. The molecule has 2 rings (SSSR count). The zero-order valence-electron chi connectivity index (χ0n) is 18.6. The van der Waals surface area contributed by atoms with Gasteiger partial charge < -0.3 is 15.5 Å². The minimum Gasteiger partial charge on any atom is -0.357 e. The molecule has 0 radical (unpaired) electrons. The Morgan fingerprint density at radius 2 is 2.00 bits per heavy atom. The summed E-state index contributed by atoms with van der Waals surface area (Å²) < 4.78 is 23.8. The average molecular weight is 551 g/mol. The molecule has 0 aliphatic carbocycles. The number of benzene rings is 1. The predicted molar refractivity (Wildman–Crippen MR) is 134 cm³/mol. The molecule has 1 saturated heterocycles. The maximum atomic E-state index is 12.3. The Balaban J connectivity index is 0.00000450. The van der Waals surface area contributed by atoms with Crippen molar-refractivity contribution < 1.29 is 13.2 Å². The van der Waals surface area contributed by atoms with Crippen molar-refractivity contribution in [2.45, 2.75) is 52.3 Å². The number of guanidine groups is 1. The molecule has 170 valence electrons. The number of sulfone groups is 1. The zero-order valence-corrected chi connectivity index (χ0v) is 21.7. The van der Waals surface area contributed by atoms with E-state index in [4.69, 9.17) is 4.99 Å². The summed E-state index contributed by atoms with van der Waals surface area (Å²) in [5.74, 6) is 1.15. The van der Waals surface area contributed by atoms with E-state index in [0.717, 1.165) is 11.3 Å². The van der Waals surface area contributed by atoms with Crippen molar-refractivity contribution in [2.75, 3.05) is 30.7 Å². The first kappa shape index (κ1) is 26.7. The summed E-state index contributed by atoms with van der Waals surface area (Å²) in [4.78, 5) is 18.7. The van der Waals surface area contributed by atoms with Crippen molar-refractivity contribution in [1.29, 1.82) is 0 Å². The maximum absolute atomic E-state index is 12.3. The van der Waals surface area contributed by atoms with Crippen molar-refractivity contribution in [2.24, 2.45) is 10.9 Å². The minimum absolute atomic E-state index is 0. The van der Waals surface area contributed by atoms with Crippen LogP contribution in [0.25, 0.3) is 0 Å². The molecule has 0 atom stereocenters. The molecule has 1 aliphatic heterocycles. The molecule has 0 saturated carbocycles. The standard InChI is InChI=1S/C21H34N4O3S.HI/c1-6-22-20(25-10-11-29(27,28)21(4,5)15-25)23-14-17-8-7-9-18(13-17)24-19(26)12-16(2)3;/h7-9,13,16H,6,10-12,14-15H2,1-5H3,(H,22,23)(H,24,26);1H. The summed E-state index contributed by atoms with van der Waals surface area (Å²) in [6, 6.07) is 7.67. The third-order valence-electron chi connectivity index (χ3n) is 4.89. The van der Waals surface area contributed by atoms with Gasteiger partial charge in [-0.1, -0.05) is 26.0 Å². The highest BCUT2D eigenvalue weighted by Crippen LogP contribution is 2.24.